The third kappa shape index (κ3) is 3.46. The molecule has 156 valence electrons. The average Bonchev–Trinajstić information content (AvgIpc) is 3.04. The van der Waals surface area contributed by atoms with Crippen LogP contribution >= 0.6 is 0 Å². The Kier molecular flexibility index (Phi) is 5.29. The molecule has 1 aromatic heterocycles. The maximum atomic E-state index is 13.2. The van der Waals surface area contributed by atoms with Crippen LogP contribution in [-0.2, 0) is 9.59 Å². The Labute approximate surface area is 180 Å². The number of benzene rings is 2. The summed E-state index contributed by atoms with van der Waals surface area (Å²) in [6, 6.07) is 15.2. The number of pyridine rings is 1. The number of aliphatic hydroxyl groups excluding tert-OH is 1. The Balaban J connectivity index is 1.95. The highest BCUT2D eigenvalue weighted by Crippen LogP contribution is 2.43. The molecule has 0 saturated carbocycles. The molecule has 1 saturated heterocycles. The fraction of sp³-hybridized carbons (Fsp3) is 0.160. The molecule has 3 aromatic rings. The van der Waals surface area contributed by atoms with E-state index in [1.54, 1.807) is 55.9 Å². The van der Waals surface area contributed by atoms with Crippen molar-refractivity contribution >= 4 is 23.1 Å². The summed E-state index contributed by atoms with van der Waals surface area (Å²) in [6.07, 6.45) is 3.23. The predicted molar refractivity (Wildman–Crippen MR) is 118 cm³/mol. The number of rotatable bonds is 4. The minimum absolute atomic E-state index is 0.0332. The molecule has 2 heterocycles. The van der Waals surface area contributed by atoms with Gasteiger partial charge in [0.25, 0.3) is 11.7 Å². The summed E-state index contributed by atoms with van der Waals surface area (Å²) < 4.78 is 5.29. The van der Waals surface area contributed by atoms with Crippen molar-refractivity contribution in [2.24, 2.45) is 0 Å². The van der Waals surface area contributed by atoms with E-state index in [4.69, 9.17) is 4.74 Å². The number of hydrogen-bond acceptors (Lipinski definition) is 5. The molecule has 1 unspecified atom stereocenters. The number of methoxy groups -OCH3 is 1. The van der Waals surface area contributed by atoms with E-state index < -0.39 is 17.7 Å². The third-order valence-corrected chi connectivity index (χ3v) is 5.49. The first-order valence-electron chi connectivity index (χ1n) is 9.85. The molecular formula is C25H22N2O4. The van der Waals surface area contributed by atoms with E-state index in [-0.39, 0.29) is 11.3 Å². The molecule has 0 radical (unpaired) electrons. The van der Waals surface area contributed by atoms with E-state index in [1.807, 2.05) is 32.0 Å². The zero-order valence-corrected chi connectivity index (χ0v) is 17.5. The van der Waals surface area contributed by atoms with Crippen LogP contribution in [0.4, 0.5) is 5.69 Å². The zero-order valence-electron chi connectivity index (χ0n) is 17.5. The van der Waals surface area contributed by atoms with Gasteiger partial charge in [0.1, 0.15) is 11.5 Å². The van der Waals surface area contributed by atoms with Crippen molar-refractivity contribution in [1.82, 2.24) is 4.98 Å². The highest BCUT2D eigenvalue weighted by molar-refractivity contribution is 6.51. The van der Waals surface area contributed by atoms with Crippen LogP contribution in [0.1, 0.15) is 28.3 Å². The predicted octanol–water partition coefficient (Wildman–Crippen LogP) is 4.33. The lowest BCUT2D eigenvalue weighted by Gasteiger charge is -2.26. The van der Waals surface area contributed by atoms with Gasteiger partial charge >= 0.3 is 0 Å². The molecular weight excluding hydrogens is 392 g/mol. The number of anilines is 1. The van der Waals surface area contributed by atoms with Crippen LogP contribution in [0.15, 0.2) is 72.6 Å². The first-order valence-corrected chi connectivity index (χ1v) is 9.85. The number of aliphatic hydroxyl groups is 1. The summed E-state index contributed by atoms with van der Waals surface area (Å²) in [6.45, 7) is 3.72. The van der Waals surface area contributed by atoms with Crippen LogP contribution in [0.3, 0.4) is 0 Å². The molecule has 1 atom stereocenters. The average molecular weight is 414 g/mol. The second kappa shape index (κ2) is 8.07. The lowest BCUT2D eigenvalue weighted by molar-refractivity contribution is -0.132. The third-order valence-electron chi connectivity index (χ3n) is 5.49. The van der Waals surface area contributed by atoms with Crippen molar-refractivity contribution in [2.45, 2.75) is 19.9 Å². The summed E-state index contributed by atoms with van der Waals surface area (Å²) in [5.41, 5.74) is 3.37. The minimum atomic E-state index is -0.794. The summed E-state index contributed by atoms with van der Waals surface area (Å²) in [5, 5.41) is 11.2. The monoisotopic (exact) mass is 414 g/mol. The number of carbonyl (C=O) groups is 2. The van der Waals surface area contributed by atoms with E-state index in [2.05, 4.69) is 4.98 Å². The SMILES string of the molecule is COc1ccc(/C(O)=C2/C(=O)C(=O)N(c3ccccc3C)C2c2cccnc2)cc1C. The molecule has 0 aliphatic carbocycles. The van der Waals surface area contributed by atoms with Gasteiger partial charge in [-0.05, 0) is 60.9 Å². The van der Waals surface area contributed by atoms with Gasteiger partial charge in [-0.25, -0.2) is 0 Å². The van der Waals surface area contributed by atoms with Gasteiger partial charge in [-0.15, -0.1) is 0 Å². The van der Waals surface area contributed by atoms with E-state index >= 15 is 0 Å². The number of Topliss-reactive ketones (excluding diaryl/α,β-unsaturated/α-hetero) is 1. The van der Waals surface area contributed by atoms with Crippen molar-refractivity contribution in [3.63, 3.8) is 0 Å². The van der Waals surface area contributed by atoms with Gasteiger partial charge < -0.3 is 9.84 Å². The molecule has 2 aromatic carbocycles. The fourth-order valence-electron chi connectivity index (χ4n) is 3.95. The second-order valence-corrected chi connectivity index (χ2v) is 7.43. The molecule has 0 bridgehead atoms. The van der Waals surface area contributed by atoms with Crippen LogP contribution in [0.25, 0.3) is 5.76 Å². The first kappa shape index (κ1) is 20.3. The van der Waals surface area contributed by atoms with Crippen LogP contribution in [0, 0.1) is 13.8 Å². The number of amides is 1. The minimum Gasteiger partial charge on any atom is -0.507 e. The number of ether oxygens (including phenoxy) is 1. The number of ketones is 1. The van der Waals surface area contributed by atoms with Gasteiger partial charge in [0.15, 0.2) is 0 Å². The smallest absolute Gasteiger partial charge is 0.300 e. The van der Waals surface area contributed by atoms with Crippen LogP contribution < -0.4 is 9.64 Å². The van der Waals surface area contributed by atoms with Crippen molar-refractivity contribution < 1.29 is 19.4 Å². The molecule has 4 rings (SSSR count). The maximum absolute atomic E-state index is 13.2. The quantitative estimate of drug-likeness (QED) is 0.390. The van der Waals surface area contributed by atoms with Crippen LogP contribution in [-0.4, -0.2) is 28.9 Å². The number of nitrogens with zero attached hydrogens (tertiary/aromatic N) is 2. The maximum Gasteiger partial charge on any atom is 0.300 e. The Morgan fingerprint density at radius 3 is 2.45 bits per heavy atom. The van der Waals surface area contributed by atoms with Gasteiger partial charge in [-0.2, -0.15) is 0 Å². The summed E-state index contributed by atoms with van der Waals surface area (Å²) in [4.78, 5) is 31.9. The topological polar surface area (TPSA) is 79.7 Å². The molecule has 6 nitrogen and oxygen atoms in total. The molecule has 6 heteroatoms. The lowest BCUT2D eigenvalue weighted by atomic mass is 9.95. The van der Waals surface area contributed by atoms with Gasteiger partial charge in [0.05, 0.1) is 18.7 Å². The van der Waals surface area contributed by atoms with E-state index in [0.29, 0.717) is 22.6 Å². The molecule has 1 fully saturated rings. The number of aromatic nitrogens is 1. The number of para-hydroxylation sites is 1. The highest BCUT2D eigenvalue weighted by Gasteiger charge is 2.47. The first-order chi connectivity index (χ1) is 14.9. The summed E-state index contributed by atoms with van der Waals surface area (Å²) >= 11 is 0. The molecule has 1 aliphatic heterocycles. The normalized spacial score (nSPS) is 17.8. The van der Waals surface area contributed by atoms with E-state index in [1.165, 1.54) is 4.90 Å². The summed E-state index contributed by atoms with van der Waals surface area (Å²) in [7, 11) is 1.57. The zero-order chi connectivity index (χ0) is 22.1. The molecule has 0 spiro atoms. The number of carbonyl (C=O) groups excluding carboxylic acids is 2. The van der Waals surface area contributed by atoms with Gasteiger partial charge in [0.2, 0.25) is 0 Å². The van der Waals surface area contributed by atoms with Crippen molar-refractivity contribution in [3.8, 4) is 5.75 Å². The Hall–Kier alpha value is -3.93. The molecule has 1 amide bonds. The van der Waals surface area contributed by atoms with Crippen molar-refractivity contribution in [2.75, 3.05) is 12.0 Å². The van der Waals surface area contributed by atoms with Gasteiger partial charge in [-0.1, -0.05) is 24.3 Å². The standard InChI is InChI=1S/C25H22N2O4/c1-15-7-4-5-9-19(15)27-22(18-8-6-12-26-14-18)21(24(29)25(27)30)23(28)17-10-11-20(31-3)16(2)13-17/h4-14,22,28H,1-3H3/b23-21-. The highest BCUT2D eigenvalue weighted by atomic mass is 16.5. The Morgan fingerprint density at radius 2 is 1.81 bits per heavy atom. The van der Waals surface area contributed by atoms with Crippen LogP contribution in [0.5, 0.6) is 5.75 Å². The van der Waals surface area contributed by atoms with E-state index in [9.17, 15) is 14.7 Å². The van der Waals surface area contributed by atoms with Crippen molar-refractivity contribution in [1.29, 1.82) is 0 Å². The van der Waals surface area contributed by atoms with E-state index in [0.717, 1.165) is 11.1 Å². The number of hydrogen-bond donors (Lipinski definition) is 1. The summed E-state index contributed by atoms with van der Waals surface area (Å²) in [5.74, 6) is -0.979. The van der Waals surface area contributed by atoms with Gasteiger partial charge in [0, 0.05) is 23.6 Å². The second-order valence-electron chi connectivity index (χ2n) is 7.43. The molecule has 1 N–H and O–H groups in total. The molecule has 1 aliphatic rings. The Morgan fingerprint density at radius 1 is 1.03 bits per heavy atom. The van der Waals surface area contributed by atoms with Crippen LogP contribution in [0.2, 0.25) is 0 Å². The van der Waals surface area contributed by atoms with Gasteiger partial charge in [-0.3, -0.25) is 19.5 Å². The number of aryl methyl sites for hydroxylation is 2. The molecule has 31 heavy (non-hydrogen) atoms. The van der Waals surface area contributed by atoms with Crippen molar-refractivity contribution in [3.05, 3.63) is 94.8 Å². The Bertz CT molecular complexity index is 1200. The lowest BCUT2D eigenvalue weighted by Crippen LogP contribution is -2.30. The fourth-order valence-corrected chi connectivity index (χ4v) is 3.95. The largest absolute Gasteiger partial charge is 0.507 e.